The maximum atomic E-state index is 13.3. The summed E-state index contributed by atoms with van der Waals surface area (Å²) < 4.78 is 5.32. The number of hydrogen-bond donors (Lipinski definition) is 2. The van der Waals surface area contributed by atoms with E-state index in [1.54, 1.807) is 41.9 Å². The molecule has 0 radical (unpaired) electrons. The largest absolute Gasteiger partial charge is 0.480 e. The second-order valence-electron chi connectivity index (χ2n) is 7.12. The van der Waals surface area contributed by atoms with Gasteiger partial charge in [-0.15, -0.1) is 0 Å². The molecule has 1 aliphatic carbocycles. The highest BCUT2D eigenvalue weighted by Gasteiger charge is 2.49. The minimum Gasteiger partial charge on any atom is -0.480 e. The average molecular weight is 401 g/mol. The number of aryl methyl sites for hydroxylation is 1. The molecule has 2 aliphatic rings. The molecular weight excluding hydrogens is 378 g/mol. The van der Waals surface area contributed by atoms with Crippen LogP contribution in [0.15, 0.2) is 36.5 Å². The summed E-state index contributed by atoms with van der Waals surface area (Å²) in [4.78, 5) is 30.9. The Kier molecular flexibility index (Phi) is 5.62. The lowest BCUT2D eigenvalue weighted by Gasteiger charge is -2.33. The lowest BCUT2D eigenvalue weighted by atomic mass is 9.70. The third kappa shape index (κ3) is 3.22. The molecule has 4 rings (SSSR count). The van der Waals surface area contributed by atoms with Crippen molar-refractivity contribution >= 4 is 31.0 Å². The van der Waals surface area contributed by atoms with Crippen LogP contribution >= 0.6 is 13.5 Å². The molecule has 2 N–H and O–H groups in total. The lowest BCUT2D eigenvalue weighted by molar-refractivity contribution is -0.126. The Labute approximate surface area is 170 Å². The number of fused-ring (bicyclic) bond motifs is 1. The quantitative estimate of drug-likeness (QED) is 0.608. The normalized spacial score (nSPS) is 20.5. The van der Waals surface area contributed by atoms with E-state index in [2.05, 4.69) is 4.98 Å². The molecule has 1 spiro atoms. The van der Waals surface area contributed by atoms with E-state index >= 15 is 0 Å². The minimum absolute atomic E-state index is 0. The smallest absolute Gasteiger partial charge is 0.274 e. The molecule has 7 nitrogen and oxygen atoms in total. The number of carbonyl (C=O) groups excluding carboxylic acids is 2. The van der Waals surface area contributed by atoms with Gasteiger partial charge in [-0.05, 0) is 61.1 Å². The van der Waals surface area contributed by atoms with Crippen molar-refractivity contribution in [2.24, 2.45) is 5.41 Å². The molecule has 1 saturated heterocycles. The first-order chi connectivity index (χ1) is 13.1. The van der Waals surface area contributed by atoms with Gasteiger partial charge >= 0.3 is 0 Å². The maximum absolute atomic E-state index is 13.3. The zero-order valence-corrected chi connectivity index (χ0v) is 16.6. The molecule has 1 aromatic carbocycles. The predicted molar refractivity (Wildman–Crippen MR) is 108 cm³/mol. The van der Waals surface area contributed by atoms with Crippen LogP contribution in [-0.2, 0) is 17.6 Å². The number of hydroxylamine groups is 1. The van der Waals surface area contributed by atoms with E-state index in [-0.39, 0.29) is 19.4 Å². The number of anilines is 1. The van der Waals surface area contributed by atoms with Crippen LogP contribution in [0.25, 0.3) is 0 Å². The van der Waals surface area contributed by atoms with Gasteiger partial charge in [0.15, 0.2) is 0 Å². The van der Waals surface area contributed by atoms with Crippen LogP contribution in [0.1, 0.15) is 34.3 Å². The lowest BCUT2D eigenvalue weighted by Crippen LogP contribution is -2.39. The van der Waals surface area contributed by atoms with Crippen LogP contribution in [0.5, 0.6) is 5.88 Å². The van der Waals surface area contributed by atoms with Crippen molar-refractivity contribution in [3.05, 3.63) is 53.2 Å². The standard InChI is InChI=1S/C20H21N3O4.H2S/c1-27-18-16(3-2-9-21-18)23-10-8-20(19(23)25)7-6-13-11-14(17(24)22-26)4-5-15(13)12-20;/h2-5,9,11,26H,6-8,10,12H2,1H3,(H,22,24);1H2/t20-;/m1./s1. The highest BCUT2D eigenvalue weighted by Crippen LogP contribution is 2.46. The van der Waals surface area contributed by atoms with Crippen LogP contribution in [0.3, 0.4) is 0 Å². The summed E-state index contributed by atoms with van der Waals surface area (Å²) in [6, 6.07) is 9.04. The monoisotopic (exact) mass is 401 g/mol. The second-order valence-corrected chi connectivity index (χ2v) is 7.12. The first kappa shape index (κ1) is 20.2. The SMILES string of the molecule is COc1ncccc1N1CC[C@@]2(CCc3cc(C(=O)NO)ccc3C2)C1=O.S. The molecule has 28 heavy (non-hydrogen) atoms. The third-order valence-electron chi connectivity index (χ3n) is 5.72. The number of nitrogens with zero attached hydrogens (tertiary/aromatic N) is 2. The van der Waals surface area contributed by atoms with E-state index in [9.17, 15) is 9.59 Å². The van der Waals surface area contributed by atoms with Gasteiger partial charge in [0.1, 0.15) is 5.69 Å². The average Bonchev–Trinajstić information content (AvgIpc) is 3.02. The summed E-state index contributed by atoms with van der Waals surface area (Å²) >= 11 is 0. The van der Waals surface area contributed by atoms with E-state index < -0.39 is 11.3 Å². The Bertz CT molecular complexity index is 920. The molecule has 0 bridgehead atoms. The van der Waals surface area contributed by atoms with Crippen LogP contribution in [0, 0.1) is 5.41 Å². The van der Waals surface area contributed by atoms with Crippen molar-refractivity contribution in [1.29, 1.82) is 0 Å². The van der Waals surface area contributed by atoms with Crippen molar-refractivity contribution in [3.63, 3.8) is 0 Å². The number of rotatable bonds is 3. The molecule has 1 aliphatic heterocycles. The van der Waals surface area contributed by atoms with Gasteiger partial charge in [0.2, 0.25) is 11.8 Å². The summed E-state index contributed by atoms with van der Waals surface area (Å²) in [6.45, 7) is 0.640. The molecular formula is C20H23N3O4S. The van der Waals surface area contributed by atoms with Gasteiger partial charge in [0, 0.05) is 18.3 Å². The number of nitrogens with one attached hydrogen (secondary N) is 1. The fourth-order valence-electron chi connectivity index (χ4n) is 4.26. The molecule has 148 valence electrons. The number of ether oxygens (including phenoxy) is 1. The Balaban J connectivity index is 0.00000225. The van der Waals surface area contributed by atoms with E-state index in [1.807, 2.05) is 12.1 Å². The molecule has 1 aromatic heterocycles. The highest BCUT2D eigenvalue weighted by molar-refractivity contribution is 7.59. The molecule has 1 atom stereocenters. The summed E-state index contributed by atoms with van der Waals surface area (Å²) in [7, 11) is 1.55. The van der Waals surface area contributed by atoms with Gasteiger partial charge in [-0.1, -0.05) is 6.07 Å². The van der Waals surface area contributed by atoms with E-state index in [0.717, 1.165) is 30.4 Å². The van der Waals surface area contributed by atoms with Crippen molar-refractivity contribution in [2.75, 3.05) is 18.6 Å². The number of benzene rings is 1. The van der Waals surface area contributed by atoms with E-state index in [4.69, 9.17) is 9.94 Å². The number of methoxy groups -OCH3 is 1. The Morgan fingerprint density at radius 3 is 2.86 bits per heavy atom. The van der Waals surface area contributed by atoms with Crippen LogP contribution in [-0.4, -0.2) is 35.7 Å². The summed E-state index contributed by atoms with van der Waals surface area (Å²) in [5, 5.41) is 8.81. The van der Waals surface area contributed by atoms with Crippen molar-refractivity contribution in [2.45, 2.75) is 25.7 Å². The first-order valence-corrected chi connectivity index (χ1v) is 8.95. The third-order valence-corrected chi connectivity index (χ3v) is 5.72. The van der Waals surface area contributed by atoms with Gasteiger partial charge in [-0.25, -0.2) is 10.5 Å². The number of hydrogen-bond acceptors (Lipinski definition) is 5. The maximum Gasteiger partial charge on any atom is 0.274 e. The molecule has 2 heterocycles. The first-order valence-electron chi connectivity index (χ1n) is 8.95. The van der Waals surface area contributed by atoms with Crippen molar-refractivity contribution in [3.8, 4) is 5.88 Å². The topological polar surface area (TPSA) is 91.8 Å². The van der Waals surface area contributed by atoms with Gasteiger partial charge in [0.05, 0.1) is 12.5 Å². The fraction of sp³-hybridized carbons (Fsp3) is 0.350. The highest BCUT2D eigenvalue weighted by atomic mass is 32.1. The number of amides is 2. The van der Waals surface area contributed by atoms with Crippen molar-refractivity contribution in [1.82, 2.24) is 10.5 Å². The number of carbonyl (C=O) groups is 2. The molecule has 1 fully saturated rings. The minimum atomic E-state index is -0.523. The van der Waals surface area contributed by atoms with Gasteiger partial charge in [-0.3, -0.25) is 14.8 Å². The van der Waals surface area contributed by atoms with Gasteiger partial charge < -0.3 is 9.64 Å². The van der Waals surface area contributed by atoms with Crippen molar-refractivity contribution < 1.29 is 19.5 Å². The van der Waals surface area contributed by atoms with Gasteiger partial charge in [-0.2, -0.15) is 13.5 Å². The summed E-state index contributed by atoms with van der Waals surface area (Å²) in [5.74, 6) is 0.0419. The summed E-state index contributed by atoms with van der Waals surface area (Å²) in [6.07, 6.45) is 4.55. The Morgan fingerprint density at radius 1 is 1.29 bits per heavy atom. The van der Waals surface area contributed by atoms with E-state index in [0.29, 0.717) is 30.1 Å². The summed E-state index contributed by atoms with van der Waals surface area (Å²) in [5.41, 5.74) is 4.52. The zero-order chi connectivity index (χ0) is 19.0. The van der Waals surface area contributed by atoms with Crippen LogP contribution < -0.4 is 15.1 Å². The Morgan fingerprint density at radius 2 is 2.11 bits per heavy atom. The Hall–Kier alpha value is -2.58. The number of pyridine rings is 1. The second kappa shape index (κ2) is 7.81. The zero-order valence-electron chi connectivity index (χ0n) is 15.6. The predicted octanol–water partition coefficient (Wildman–Crippen LogP) is 2.23. The number of aromatic nitrogens is 1. The van der Waals surface area contributed by atoms with Crippen LogP contribution in [0.4, 0.5) is 5.69 Å². The fourth-order valence-corrected chi connectivity index (χ4v) is 4.26. The molecule has 8 heteroatoms. The molecule has 2 amide bonds. The molecule has 2 aromatic rings. The molecule has 0 saturated carbocycles. The van der Waals surface area contributed by atoms with Crippen LogP contribution in [0.2, 0.25) is 0 Å². The van der Waals surface area contributed by atoms with Gasteiger partial charge in [0.25, 0.3) is 5.91 Å². The van der Waals surface area contributed by atoms with E-state index in [1.165, 1.54) is 0 Å². The molecule has 0 unspecified atom stereocenters.